The van der Waals surface area contributed by atoms with Crippen molar-refractivity contribution in [2.75, 3.05) is 6.26 Å². The van der Waals surface area contributed by atoms with Crippen LogP contribution in [0.5, 0.6) is 0 Å². The maximum Gasteiger partial charge on any atom is 0.254 e. The summed E-state index contributed by atoms with van der Waals surface area (Å²) in [4.78, 5) is 12.2. The van der Waals surface area contributed by atoms with Gasteiger partial charge in [-0.2, -0.15) is 0 Å². The number of carbonyl (C=O) groups excluding carboxylic acids is 1. The molecule has 0 aromatic heterocycles. The quantitative estimate of drug-likeness (QED) is 0.942. The van der Waals surface area contributed by atoms with Gasteiger partial charge in [0.2, 0.25) is 0 Å². The largest absolute Gasteiger partial charge is 0.345 e. The van der Waals surface area contributed by atoms with Crippen molar-refractivity contribution in [1.29, 1.82) is 0 Å². The molecule has 2 aromatic rings. The lowest BCUT2D eigenvalue weighted by Crippen LogP contribution is -2.27. The molecule has 0 heterocycles. The van der Waals surface area contributed by atoms with E-state index in [-0.39, 0.29) is 16.5 Å². The fourth-order valence-electron chi connectivity index (χ4n) is 2.01. The van der Waals surface area contributed by atoms with Gasteiger partial charge in [0.15, 0.2) is 9.84 Å². The van der Waals surface area contributed by atoms with Gasteiger partial charge in [0.05, 0.1) is 16.5 Å². The summed E-state index contributed by atoms with van der Waals surface area (Å²) in [6.45, 7) is 1.74. The molecule has 1 atom stereocenters. The average Bonchev–Trinajstić information content (AvgIpc) is 2.46. The standard InChI is InChI=1S/C16H16FNO3S/c1-11(12-7-9-13(10-8-12)22(2,20)21)18-16(19)14-5-3-4-6-15(14)17/h3-11H,1-2H3,(H,18,19)/t11-/m1/s1. The average molecular weight is 321 g/mol. The van der Waals surface area contributed by atoms with E-state index in [1.54, 1.807) is 25.1 Å². The van der Waals surface area contributed by atoms with Crippen LogP contribution in [0.1, 0.15) is 28.9 Å². The number of benzene rings is 2. The molecule has 2 aromatic carbocycles. The highest BCUT2D eigenvalue weighted by Gasteiger charge is 2.15. The smallest absolute Gasteiger partial charge is 0.254 e. The van der Waals surface area contributed by atoms with Crippen LogP contribution in [-0.2, 0) is 9.84 Å². The van der Waals surface area contributed by atoms with Crippen LogP contribution in [0.4, 0.5) is 4.39 Å². The van der Waals surface area contributed by atoms with Crippen molar-refractivity contribution in [2.45, 2.75) is 17.9 Å². The topological polar surface area (TPSA) is 63.2 Å². The van der Waals surface area contributed by atoms with Crippen LogP contribution >= 0.6 is 0 Å². The number of sulfone groups is 1. The summed E-state index contributed by atoms with van der Waals surface area (Å²) in [5, 5.41) is 2.68. The van der Waals surface area contributed by atoms with Crippen molar-refractivity contribution in [3.8, 4) is 0 Å². The van der Waals surface area contributed by atoms with Crippen molar-refractivity contribution in [2.24, 2.45) is 0 Å². The van der Waals surface area contributed by atoms with E-state index in [4.69, 9.17) is 0 Å². The molecule has 0 saturated carbocycles. The Morgan fingerprint density at radius 2 is 1.68 bits per heavy atom. The molecule has 2 rings (SSSR count). The van der Waals surface area contributed by atoms with E-state index in [0.717, 1.165) is 11.8 Å². The zero-order valence-electron chi connectivity index (χ0n) is 12.2. The van der Waals surface area contributed by atoms with Gasteiger partial charge in [-0.25, -0.2) is 12.8 Å². The summed E-state index contributed by atoms with van der Waals surface area (Å²) < 4.78 is 36.4. The summed E-state index contributed by atoms with van der Waals surface area (Å²) in [6, 6.07) is 11.6. The van der Waals surface area contributed by atoms with E-state index in [1.165, 1.54) is 30.3 Å². The SMILES string of the molecule is C[C@@H](NC(=O)c1ccccc1F)c1ccc(S(C)(=O)=O)cc1. The molecule has 0 aliphatic rings. The van der Waals surface area contributed by atoms with E-state index in [0.29, 0.717) is 0 Å². The normalized spacial score (nSPS) is 12.7. The minimum Gasteiger partial charge on any atom is -0.345 e. The van der Waals surface area contributed by atoms with Gasteiger partial charge in [0.25, 0.3) is 5.91 Å². The van der Waals surface area contributed by atoms with E-state index >= 15 is 0 Å². The molecule has 116 valence electrons. The second kappa shape index (κ2) is 6.27. The van der Waals surface area contributed by atoms with Crippen molar-refractivity contribution < 1.29 is 17.6 Å². The molecule has 0 aliphatic heterocycles. The Labute approximate surface area is 128 Å². The van der Waals surface area contributed by atoms with E-state index in [2.05, 4.69) is 5.32 Å². The van der Waals surface area contributed by atoms with Gasteiger partial charge < -0.3 is 5.32 Å². The maximum absolute atomic E-state index is 13.5. The number of hydrogen-bond donors (Lipinski definition) is 1. The molecular weight excluding hydrogens is 305 g/mol. The Kier molecular flexibility index (Phi) is 4.61. The molecule has 0 aliphatic carbocycles. The van der Waals surface area contributed by atoms with Crippen LogP contribution in [0, 0.1) is 5.82 Å². The Morgan fingerprint density at radius 1 is 1.09 bits per heavy atom. The number of hydrogen-bond acceptors (Lipinski definition) is 3. The molecule has 0 unspecified atom stereocenters. The minimum atomic E-state index is -3.25. The monoisotopic (exact) mass is 321 g/mol. The highest BCUT2D eigenvalue weighted by Crippen LogP contribution is 2.17. The van der Waals surface area contributed by atoms with Crippen LogP contribution in [0.3, 0.4) is 0 Å². The lowest BCUT2D eigenvalue weighted by molar-refractivity contribution is 0.0936. The number of rotatable bonds is 4. The summed E-state index contributed by atoms with van der Waals surface area (Å²) in [5.41, 5.74) is 0.708. The summed E-state index contributed by atoms with van der Waals surface area (Å²) >= 11 is 0. The van der Waals surface area contributed by atoms with Gasteiger partial charge in [0.1, 0.15) is 5.82 Å². The molecule has 0 spiro atoms. The molecule has 4 nitrogen and oxygen atoms in total. The number of amides is 1. The van der Waals surface area contributed by atoms with Crippen molar-refractivity contribution >= 4 is 15.7 Å². The molecule has 22 heavy (non-hydrogen) atoms. The van der Waals surface area contributed by atoms with Gasteiger partial charge in [-0.05, 0) is 36.8 Å². The van der Waals surface area contributed by atoms with E-state index < -0.39 is 21.6 Å². The van der Waals surface area contributed by atoms with Crippen LogP contribution in [0.2, 0.25) is 0 Å². The first-order valence-corrected chi connectivity index (χ1v) is 8.53. The van der Waals surface area contributed by atoms with Crippen LogP contribution in [0.15, 0.2) is 53.4 Å². The van der Waals surface area contributed by atoms with Gasteiger partial charge in [-0.1, -0.05) is 24.3 Å². The van der Waals surface area contributed by atoms with Crippen molar-refractivity contribution in [3.05, 3.63) is 65.5 Å². The van der Waals surface area contributed by atoms with Gasteiger partial charge >= 0.3 is 0 Å². The molecule has 6 heteroatoms. The summed E-state index contributed by atoms with van der Waals surface area (Å²) in [5.74, 6) is -1.10. The predicted octanol–water partition coefficient (Wildman–Crippen LogP) is 2.72. The Morgan fingerprint density at radius 3 is 2.23 bits per heavy atom. The number of carbonyl (C=O) groups is 1. The zero-order valence-corrected chi connectivity index (χ0v) is 13.0. The van der Waals surface area contributed by atoms with E-state index in [9.17, 15) is 17.6 Å². The third-order valence-corrected chi connectivity index (χ3v) is 4.40. The summed E-state index contributed by atoms with van der Waals surface area (Å²) in [6.07, 6.45) is 1.13. The number of nitrogens with one attached hydrogen (secondary N) is 1. The first-order chi connectivity index (χ1) is 10.3. The fraction of sp³-hybridized carbons (Fsp3) is 0.188. The van der Waals surface area contributed by atoms with Gasteiger partial charge in [0, 0.05) is 6.26 Å². The van der Waals surface area contributed by atoms with Crippen LogP contribution in [-0.4, -0.2) is 20.6 Å². The molecular formula is C16H16FNO3S. The summed E-state index contributed by atoms with van der Waals surface area (Å²) in [7, 11) is -3.25. The molecule has 0 fully saturated rings. The first kappa shape index (κ1) is 16.2. The lowest BCUT2D eigenvalue weighted by atomic mass is 10.1. The lowest BCUT2D eigenvalue weighted by Gasteiger charge is -2.15. The highest BCUT2D eigenvalue weighted by atomic mass is 32.2. The van der Waals surface area contributed by atoms with Gasteiger partial charge in [-0.15, -0.1) is 0 Å². The zero-order chi connectivity index (χ0) is 16.3. The molecule has 0 bridgehead atoms. The second-order valence-electron chi connectivity index (χ2n) is 5.02. The third kappa shape index (κ3) is 3.71. The van der Waals surface area contributed by atoms with E-state index in [1.807, 2.05) is 0 Å². The Hall–Kier alpha value is -2.21. The fourth-order valence-corrected chi connectivity index (χ4v) is 2.64. The molecule has 0 radical (unpaired) electrons. The predicted molar refractivity (Wildman–Crippen MR) is 81.8 cm³/mol. The molecule has 1 amide bonds. The Balaban J connectivity index is 2.14. The first-order valence-electron chi connectivity index (χ1n) is 6.64. The third-order valence-electron chi connectivity index (χ3n) is 3.27. The van der Waals surface area contributed by atoms with Crippen molar-refractivity contribution in [3.63, 3.8) is 0 Å². The Bertz CT molecular complexity index is 785. The van der Waals surface area contributed by atoms with Crippen LogP contribution in [0.25, 0.3) is 0 Å². The minimum absolute atomic E-state index is 0.0258. The van der Waals surface area contributed by atoms with Crippen molar-refractivity contribution in [1.82, 2.24) is 5.32 Å². The van der Waals surface area contributed by atoms with Gasteiger partial charge in [-0.3, -0.25) is 4.79 Å². The molecule has 0 saturated heterocycles. The highest BCUT2D eigenvalue weighted by molar-refractivity contribution is 7.90. The maximum atomic E-state index is 13.5. The number of halogens is 1. The second-order valence-corrected chi connectivity index (χ2v) is 7.03. The van der Waals surface area contributed by atoms with Crippen LogP contribution < -0.4 is 5.32 Å². The molecule has 1 N–H and O–H groups in total.